The molecule has 126 valence electrons. The van der Waals surface area contributed by atoms with Gasteiger partial charge in [-0.3, -0.25) is 9.59 Å². The predicted octanol–water partition coefficient (Wildman–Crippen LogP) is 2.57. The van der Waals surface area contributed by atoms with Crippen molar-refractivity contribution in [1.82, 2.24) is 10.7 Å². The molecule has 0 aliphatic heterocycles. The van der Waals surface area contributed by atoms with Gasteiger partial charge in [-0.2, -0.15) is 5.10 Å². The molecule has 2 rings (SSSR count). The summed E-state index contributed by atoms with van der Waals surface area (Å²) in [5.41, 5.74) is 2.95. The normalized spacial score (nSPS) is 12.3. The molecule has 24 heavy (non-hydrogen) atoms. The lowest BCUT2D eigenvalue weighted by Gasteiger charge is -2.18. The number of carbonyl (C=O) groups is 2. The SMILES string of the molecule is CC(C)C[C@H](NC(=O)c1ccccc1)C(=O)N/N=C\c1ccco1. The van der Waals surface area contributed by atoms with Crippen molar-refractivity contribution in [2.24, 2.45) is 11.0 Å². The van der Waals surface area contributed by atoms with Gasteiger partial charge >= 0.3 is 0 Å². The molecule has 0 unspecified atom stereocenters. The third kappa shape index (κ3) is 5.39. The van der Waals surface area contributed by atoms with Crippen LogP contribution in [0.5, 0.6) is 0 Å². The maximum atomic E-state index is 12.3. The quantitative estimate of drug-likeness (QED) is 0.605. The van der Waals surface area contributed by atoms with E-state index in [-0.39, 0.29) is 17.7 Å². The number of carbonyl (C=O) groups excluding carboxylic acids is 2. The van der Waals surface area contributed by atoms with Crippen LogP contribution in [0.3, 0.4) is 0 Å². The third-order valence-corrected chi connectivity index (χ3v) is 3.27. The highest BCUT2D eigenvalue weighted by Gasteiger charge is 2.22. The van der Waals surface area contributed by atoms with Gasteiger partial charge in [0.15, 0.2) is 0 Å². The minimum Gasteiger partial charge on any atom is -0.463 e. The van der Waals surface area contributed by atoms with Crippen molar-refractivity contribution >= 4 is 18.0 Å². The Morgan fingerprint density at radius 3 is 2.54 bits per heavy atom. The molecule has 0 fully saturated rings. The molecule has 6 nitrogen and oxygen atoms in total. The standard InChI is InChI=1S/C18H21N3O3/c1-13(2)11-16(20-17(22)14-7-4-3-5-8-14)18(23)21-19-12-15-9-6-10-24-15/h3-10,12-13,16H,11H2,1-2H3,(H,20,22)(H,21,23)/b19-12-/t16-/m0/s1. The number of nitrogens with zero attached hydrogens (tertiary/aromatic N) is 1. The van der Waals surface area contributed by atoms with Gasteiger partial charge in [0, 0.05) is 5.56 Å². The van der Waals surface area contributed by atoms with E-state index in [0.29, 0.717) is 17.7 Å². The number of nitrogens with one attached hydrogen (secondary N) is 2. The van der Waals surface area contributed by atoms with Gasteiger partial charge in [0.05, 0.1) is 12.5 Å². The average molecular weight is 327 g/mol. The van der Waals surface area contributed by atoms with Crippen molar-refractivity contribution in [1.29, 1.82) is 0 Å². The number of benzene rings is 1. The molecule has 2 amide bonds. The van der Waals surface area contributed by atoms with E-state index in [1.165, 1.54) is 12.5 Å². The van der Waals surface area contributed by atoms with Crippen molar-refractivity contribution in [3.63, 3.8) is 0 Å². The van der Waals surface area contributed by atoms with Crippen molar-refractivity contribution in [2.45, 2.75) is 26.3 Å². The number of furan rings is 1. The van der Waals surface area contributed by atoms with Crippen LogP contribution in [-0.2, 0) is 4.79 Å². The van der Waals surface area contributed by atoms with E-state index in [1.807, 2.05) is 19.9 Å². The molecule has 1 heterocycles. The van der Waals surface area contributed by atoms with E-state index >= 15 is 0 Å². The number of hydrogen-bond donors (Lipinski definition) is 2. The molecule has 6 heteroatoms. The van der Waals surface area contributed by atoms with Crippen LogP contribution in [-0.4, -0.2) is 24.1 Å². The molecule has 1 aromatic heterocycles. The summed E-state index contributed by atoms with van der Waals surface area (Å²) in [5, 5.41) is 6.61. The largest absolute Gasteiger partial charge is 0.463 e. The summed E-state index contributed by atoms with van der Waals surface area (Å²) >= 11 is 0. The van der Waals surface area contributed by atoms with Crippen LogP contribution in [0.4, 0.5) is 0 Å². The van der Waals surface area contributed by atoms with E-state index in [1.54, 1.807) is 36.4 Å². The fraction of sp³-hybridized carbons (Fsp3) is 0.278. The number of hydrazone groups is 1. The van der Waals surface area contributed by atoms with E-state index in [2.05, 4.69) is 15.8 Å². The molecule has 0 bridgehead atoms. The molecule has 0 aliphatic rings. The fourth-order valence-electron chi connectivity index (χ4n) is 2.14. The molecule has 0 saturated heterocycles. The van der Waals surface area contributed by atoms with Crippen LogP contribution < -0.4 is 10.7 Å². The summed E-state index contributed by atoms with van der Waals surface area (Å²) in [5.74, 6) is 0.122. The first kappa shape index (κ1) is 17.5. The third-order valence-electron chi connectivity index (χ3n) is 3.27. The Morgan fingerprint density at radius 1 is 1.17 bits per heavy atom. The molecular formula is C18H21N3O3. The smallest absolute Gasteiger partial charge is 0.262 e. The van der Waals surface area contributed by atoms with Crippen LogP contribution in [0.25, 0.3) is 0 Å². The second-order valence-electron chi connectivity index (χ2n) is 5.77. The first-order valence-corrected chi connectivity index (χ1v) is 7.78. The van der Waals surface area contributed by atoms with Crippen molar-refractivity contribution in [3.05, 3.63) is 60.1 Å². The monoisotopic (exact) mass is 327 g/mol. The second-order valence-corrected chi connectivity index (χ2v) is 5.77. The lowest BCUT2D eigenvalue weighted by Crippen LogP contribution is -2.46. The van der Waals surface area contributed by atoms with Gasteiger partial charge < -0.3 is 9.73 Å². The Morgan fingerprint density at radius 2 is 1.92 bits per heavy atom. The lowest BCUT2D eigenvalue weighted by molar-refractivity contribution is -0.123. The van der Waals surface area contributed by atoms with Crippen molar-refractivity contribution in [3.8, 4) is 0 Å². The van der Waals surface area contributed by atoms with Gasteiger partial charge in [0.1, 0.15) is 11.8 Å². The highest BCUT2D eigenvalue weighted by atomic mass is 16.3. The Labute approximate surface area is 140 Å². The summed E-state index contributed by atoms with van der Waals surface area (Å²) in [4.78, 5) is 24.6. The molecule has 0 aliphatic carbocycles. The zero-order chi connectivity index (χ0) is 17.4. The van der Waals surface area contributed by atoms with E-state index in [0.717, 1.165) is 0 Å². The molecule has 0 spiro atoms. The fourth-order valence-corrected chi connectivity index (χ4v) is 2.14. The first-order valence-electron chi connectivity index (χ1n) is 7.78. The maximum Gasteiger partial charge on any atom is 0.262 e. The van der Waals surface area contributed by atoms with E-state index in [4.69, 9.17) is 4.42 Å². The van der Waals surface area contributed by atoms with E-state index < -0.39 is 6.04 Å². The minimum atomic E-state index is -0.661. The summed E-state index contributed by atoms with van der Waals surface area (Å²) in [7, 11) is 0. The van der Waals surface area contributed by atoms with Crippen molar-refractivity contribution in [2.75, 3.05) is 0 Å². The van der Waals surface area contributed by atoms with Gasteiger partial charge in [0.25, 0.3) is 11.8 Å². The van der Waals surface area contributed by atoms with Gasteiger partial charge in [-0.05, 0) is 36.6 Å². The van der Waals surface area contributed by atoms with Gasteiger partial charge in [-0.25, -0.2) is 5.43 Å². The molecule has 1 atom stereocenters. The first-order chi connectivity index (χ1) is 11.6. The summed E-state index contributed by atoms with van der Waals surface area (Å²) in [6.45, 7) is 3.97. The molecule has 0 radical (unpaired) electrons. The van der Waals surface area contributed by atoms with Crippen LogP contribution in [0.2, 0.25) is 0 Å². The van der Waals surface area contributed by atoms with Crippen molar-refractivity contribution < 1.29 is 14.0 Å². The Bertz CT molecular complexity index is 679. The summed E-state index contributed by atoms with van der Waals surface area (Å²) in [6.07, 6.45) is 3.44. The number of rotatable bonds is 7. The Kier molecular flexibility index (Phi) is 6.31. The molecule has 0 saturated carbocycles. The Balaban J connectivity index is 1.98. The van der Waals surface area contributed by atoms with Crippen LogP contribution in [0, 0.1) is 5.92 Å². The summed E-state index contributed by atoms with van der Waals surface area (Å²) in [6, 6.07) is 11.6. The molecule has 2 N–H and O–H groups in total. The number of amides is 2. The van der Waals surface area contributed by atoms with E-state index in [9.17, 15) is 9.59 Å². The zero-order valence-corrected chi connectivity index (χ0v) is 13.7. The molecule has 1 aromatic carbocycles. The zero-order valence-electron chi connectivity index (χ0n) is 13.7. The van der Waals surface area contributed by atoms with Gasteiger partial charge in [-0.15, -0.1) is 0 Å². The molecule has 2 aromatic rings. The van der Waals surface area contributed by atoms with Gasteiger partial charge in [0.2, 0.25) is 0 Å². The second kappa shape index (κ2) is 8.67. The highest BCUT2D eigenvalue weighted by Crippen LogP contribution is 2.07. The van der Waals surface area contributed by atoms with Crippen LogP contribution in [0.15, 0.2) is 58.2 Å². The molecular weight excluding hydrogens is 306 g/mol. The lowest BCUT2D eigenvalue weighted by atomic mass is 10.0. The topological polar surface area (TPSA) is 83.7 Å². The average Bonchev–Trinajstić information content (AvgIpc) is 3.08. The van der Waals surface area contributed by atoms with Crippen LogP contribution in [0.1, 0.15) is 36.4 Å². The maximum absolute atomic E-state index is 12.3. The van der Waals surface area contributed by atoms with Crippen LogP contribution >= 0.6 is 0 Å². The highest BCUT2D eigenvalue weighted by molar-refractivity contribution is 5.97. The predicted molar refractivity (Wildman–Crippen MR) is 91.6 cm³/mol. The van der Waals surface area contributed by atoms with Gasteiger partial charge in [-0.1, -0.05) is 32.0 Å². The summed E-state index contributed by atoms with van der Waals surface area (Å²) < 4.78 is 5.09. The Hall–Kier alpha value is -2.89. The number of hydrogen-bond acceptors (Lipinski definition) is 4. The minimum absolute atomic E-state index is 0.242.